The third-order valence-corrected chi connectivity index (χ3v) is 3.76. The summed E-state index contributed by atoms with van der Waals surface area (Å²) in [6.45, 7) is 0.567. The van der Waals surface area contributed by atoms with Gasteiger partial charge < -0.3 is 5.73 Å². The van der Waals surface area contributed by atoms with Gasteiger partial charge in [0.15, 0.2) is 0 Å². The van der Waals surface area contributed by atoms with Gasteiger partial charge in [-0.25, -0.2) is 4.98 Å². The lowest BCUT2D eigenvalue weighted by Crippen LogP contribution is -1.95. The van der Waals surface area contributed by atoms with Crippen molar-refractivity contribution in [2.24, 2.45) is 5.73 Å². The zero-order valence-electron chi connectivity index (χ0n) is 10.3. The lowest BCUT2D eigenvalue weighted by molar-refractivity contribution is 1.07. The van der Waals surface area contributed by atoms with E-state index in [4.69, 9.17) is 5.73 Å². The van der Waals surface area contributed by atoms with Crippen LogP contribution in [0.4, 0.5) is 0 Å². The highest BCUT2D eigenvalue weighted by Gasteiger charge is 2.07. The van der Waals surface area contributed by atoms with Gasteiger partial charge in [-0.15, -0.1) is 11.3 Å². The molecule has 2 aromatic heterocycles. The topological polar surface area (TPSA) is 51.8 Å². The average Bonchev–Trinajstić information content (AvgIpc) is 2.98. The fourth-order valence-corrected chi connectivity index (χ4v) is 2.64. The van der Waals surface area contributed by atoms with Crippen LogP contribution in [0.1, 0.15) is 5.56 Å². The van der Waals surface area contributed by atoms with E-state index in [-0.39, 0.29) is 0 Å². The maximum absolute atomic E-state index is 5.60. The van der Waals surface area contributed by atoms with Crippen LogP contribution in [0.2, 0.25) is 0 Å². The third-order valence-electron chi connectivity index (χ3n) is 2.87. The second kappa shape index (κ2) is 5.30. The van der Waals surface area contributed by atoms with E-state index in [1.807, 2.05) is 35.7 Å². The molecule has 2 heterocycles. The second-order valence-electron chi connectivity index (χ2n) is 4.15. The van der Waals surface area contributed by atoms with Crippen LogP contribution in [0.3, 0.4) is 0 Å². The average molecular weight is 267 g/mol. The molecule has 2 N–H and O–H groups in total. The fraction of sp³-hybridized carbons (Fsp3) is 0.0667. The van der Waals surface area contributed by atoms with Crippen LogP contribution < -0.4 is 5.73 Å². The first-order chi connectivity index (χ1) is 9.36. The molecule has 0 amide bonds. The van der Waals surface area contributed by atoms with Gasteiger partial charge in [-0.05, 0) is 17.7 Å². The minimum Gasteiger partial charge on any atom is -0.326 e. The highest BCUT2D eigenvalue weighted by molar-refractivity contribution is 7.13. The van der Waals surface area contributed by atoms with Crippen LogP contribution in [-0.2, 0) is 6.54 Å². The first kappa shape index (κ1) is 12.0. The quantitative estimate of drug-likeness (QED) is 0.792. The Labute approximate surface area is 115 Å². The van der Waals surface area contributed by atoms with E-state index in [1.165, 1.54) is 0 Å². The molecule has 0 fully saturated rings. The third kappa shape index (κ3) is 2.54. The summed E-state index contributed by atoms with van der Waals surface area (Å²) in [6, 6.07) is 14.0. The summed E-state index contributed by atoms with van der Waals surface area (Å²) in [6.07, 6.45) is 1.78. The zero-order chi connectivity index (χ0) is 13.1. The molecular weight excluding hydrogens is 254 g/mol. The Bertz CT molecular complexity index is 659. The number of nitrogens with two attached hydrogens (primary N) is 1. The lowest BCUT2D eigenvalue weighted by Gasteiger charge is -1.99. The highest BCUT2D eigenvalue weighted by atomic mass is 32.1. The molecule has 3 aromatic rings. The molecule has 0 radical (unpaired) electrons. The lowest BCUT2D eigenvalue weighted by atomic mass is 10.1. The number of benzene rings is 1. The van der Waals surface area contributed by atoms with Crippen LogP contribution in [-0.4, -0.2) is 9.97 Å². The first-order valence-electron chi connectivity index (χ1n) is 6.03. The van der Waals surface area contributed by atoms with Gasteiger partial charge in [-0.2, -0.15) is 0 Å². The summed E-state index contributed by atoms with van der Waals surface area (Å²) < 4.78 is 0. The SMILES string of the molecule is NCc1ccc(-c2nc(-c3ccccn3)cs2)cc1. The molecule has 0 saturated carbocycles. The number of thiazole rings is 1. The summed E-state index contributed by atoms with van der Waals surface area (Å²) >= 11 is 1.63. The van der Waals surface area contributed by atoms with Crippen molar-refractivity contribution in [3.8, 4) is 22.0 Å². The Morgan fingerprint density at radius 1 is 1.00 bits per heavy atom. The van der Waals surface area contributed by atoms with Crippen molar-refractivity contribution < 1.29 is 0 Å². The molecule has 0 saturated heterocycles. The Morgan fingerprint density at radius 3 is 2.53 bits per heavy atom. The van der Waals surface area contributed by atoms with E-state index in [1.54, 1.807) is 17.5 Å². The van der Waals surface area contributed by atoms with Gasteiger partial charge in [-0.1, -0.05) is 30.3 Å². The van der Waals surface area contributed by atoms with E-state index in [9.17, 15) is 0 Å². The largest absolute Gasteiger partial charge is 0.326 e. The summed E-state index contributed by atoms with van der Waals surface area (Å²) in [7, 11) is 0. The molecule has 0 aliphatic carbocycles. The van der Waals surface area contributed by atoms with E-state index in [0.717, 1.165) is 27.5 Å². The maximum Gasteiger partial charge on any atom is 0.124 e. The predicted octanol–water partition coefficient (Wildman–Crippen LogP) is 3.33. The smallest absolute Gasteiger partial charge is 0.124 e. The van der Waals surface area contributed by atoms with Crippen molar-refractivity contribution in [3.63, 3.8) is 0 Å². The number of pyridine rings is 1. The highest BCUT2D eigenvalue weighted by Crippen LogP contribution is 2.27. The van der Waals surface area contributed by atoms with E-state index in [0.29, 0.717) is 6.54 Å². The molecule has 0 spiro atoms. The predicted molar refractivity (Wildman–Crippen MR) is 78.7 cm³/mol. The van der Waals surface area contributed by atoms with Crippen molar-refractivity contribution in [3.05, 3.63) is 59.6 Å². The van der Waals surface area contributed by atoms with Crippen molar-refractivity contribution in [1.29, 1.82) is 0 Å². The van der Waals surface area contributed by atoms with Gasteiger partial charge >= 0.3 is 0 Å². The number of rotatable bonds is 3. The Morgan fingerprint density at radius 2 is 1.84 bits per heavy atom. The Hall–Kier alpha value is -2.04. The van der Waals surface area contributed by atoms with Gasteiger partial charge in [0.25, 0.3) is 0 Å². The summed E-state index contributed by atoms with van der Waals surface area (Å²) in [5.74, 6) is 0. The minimum absolute atomic E-state index is 0.567. The Balaban J connectivity index is 1.92. The van der Waals surface area contributed by atoms with Crippen LogP contribution in [0.5, 0.6) is 0 Å². The molecule has 1 aromatic carbocycles. The molecule has 0 bridgehead atoms. The van der Waals surface area contributed by atoms with Crippen molar-refractivity contribution in [1.82, 2.24) is 9.97 Å². The number of aromatic nitrogens is 2. The minimum atomic E-state index is 0.567. The summed E-state index contributed by atoms with van der Waals surface area (Å²) in [5, 5.41) is 3.04. The molecule has 4 heteroatoms. The second-order valence-corrected chi connectivity index (χ2v) is 5.01. The standard InChI is InChI=1S/C15H13N3S/c16-9-11-4-6-12(7-5-11)15-18-14(10-19-15)13-3-1-2-8-17-13/h1-8,10H,9,16H2. The van der Waals surface area contributed by atoms with Gasteiger partial charge in [0.2, 0.25) is 0 Å². The summed E-state index contributed by atoms with van der Waals surface area (Å²) in [5.41, 5.74) is 9.67. The van der Waals surface area contributed by atoms with Crippen LogP contribution in [0, 0.1) is 0 Å². The van der Waals surface area contributed by atoms with Crippen molar-refractivity contribution >= 4 is 11.3 Å². The number of nitrogens with zero attached hydrogens (tertiary/aromatic N) is 2. The van der Waals surface area contributed by atoms with Gasteiger partial charge in [0.1, 0.15) is 10.7 Å². The van der Waals surface area contributed by atoms with Crippen LogP contribution in [0.25, 0.3) is 22.0 Å². The molecule has 0 aliphatic heterocycles. The fourth-order valence-electron chi connectivity index (χ4n) is 1.82. The molecular formula is C15H13N3S. The van der Waals surface area contributed by atoms with Gasteiger partial charge in [0, 0.05) is 23.7 Å². The van der Waals surface area contributed by atoms with Gasteiger partial charge in [0.05, 0.1) is 5.69 Å². The molecule has 19 heavy (non-hydrogen) atoms. The van der Waals surface area contributed by atoms with Crippen LogP contribution in [0.15, 0.2) is 54.0 Å². The van der Waals surface area contributed by atoms with Crippen molar-refractivity contribution in [2.75, 3.05) is 0 Å². The first-order valence-corrected chi connectivity index (χ1v) is 6.91. The molecule has 0 unspecified atom stereocenters. The van der Waals surface area contributed by atoms with Gasteiger partial charge in [-0.3, -0.25) is 4.98 Å². The maximum atomic E-state index is 5.60. The van der Waals surface area contributed by atoms with E-state index in [2.05, 4.69) is 22.1 Å². The summed E-state index contributed by atoms with van der Waals surface area (Å²) in [4.78, 5) is 8.94. The molecule has 0 aliphatic rings. The van der Waals surface area contributed by atoms with Crippen LogP contribution >= 0.6 is 11.3 Å². The van der Waals surface area contributed by atoms with E-state index < -0.39 is 0 Å². The molecule has 0 atom stereocenters. The molecule has 3 nitrogen and oxygen atoms in total. The Kier molecular flexibility index (Phi) is 3.35. The zero-order valence-corrected chi connectivity index (χ0v) is 11.1. The number of hydrogen-bond donors (Lipinski definition) is 1. The van der Waals surface area contributed by atoms with Crippen molar-refractivity contribution in [2.45, 2.75) is 6.54 Å². The number of hydrogen-bond acceptors (Lipinski definition) is 4. The normalized spacial score (nSPS) is 10.6. The molecule has 94 valence electrons. The molecule has 3 rings (SSSR count). The van der Waals surface area contributed by atoms with E-state index >= 15 is 0 Å². The monoisotopic (exact) mass is 267 g/mol.